The van der Waals surface area contributed by atoms with Crippen molar-refractivity contribution in [3.63, 3.8) is 0 Å². The summed E-state index contributed by atoms with van der Waals surface area (Å²) in [5.41, 5.74) is 0.335. The van der Waals surface area contributed by atoms with Crippen LogP contribution in [0.5, 0.6) is 11.5 Å². The minimum Gasteiger partial charge on any atom is -0.502 e. The van der Waals surface area contributed by atoms with E-state index in [0.717, 1.165) is 17.8 Å². The Bertz CT molecular complexity index is 749. The van der Waals surface area contributed by atoms with Gasteiger partial charge >= 0.3 is 0 Å². The van der Waals surface area contributed by atoms with Crippen molar-refractivity contribution in [2.45, 2.75) is 0 Å². The van der Waals surface area contributed by atoms with Crippen molar-refractivity contribution in [2.75, 3.05) is 27.7 Å². The highest BCUT2D eigenvalue weighted by atomic mass is 32.2. The number of phenols is 1. The van der Waals surface area contributed by atoms with Crippen LogP contribution in [0.4, 0.5) is 4.39 Å². The highest BCUT2D eigenvalue weighted by Gasteiger charge is 2.33. The average molecular weight is 370 g/mol. The molecule has 0 unspecified atom stereocenters. The number of nitrogens with zero attached hydrogens (tertiary/aromatic N) is 2. The van der Waals surface area contributed by atoms with E-state index in [2.05, 4.69) is 0 Å². The standard InChI is InChI=1S/C15H15FN2O4S2/c1-17(2)12(19)7-18-14(21)11(24-15(18)23)6-8-4-9(16)13(20)10(5-8)22-3/h4-6,20H,7H2,1-3H3/b11-6-. The number of amides is 2. The molecule has 2 rings (SSSR count). The number of benzene rings is 1. The number of likely N-dealkylation sites (N-methyl/N-ethyl adjacent to an activating group) is 1. The molecular formula is C15H15FN2O4S2. The van der Waals surface area contributed by atoms with Gasteiger partial charge in [-0.25, -0.2) is 4.39 Å². The van der Waals surface area contributed by atoms with Gasteiger partial charge in [0.25, 0.3) is 5.91 Å². The summed E-state index contributed by atoms with van der Waals surface area (Å²) in [6.45, 7) is -0.151. The summed E-state index contributed by atoms with van der Waals surface area (Å²) in [6, 6.07) is 2.48. The molecule has 1 aliphatic heterocycles. The Morgan fingerprint density at radius 1 is 1.50 bits per heavy atom. The Kier molecular flexibility index (Phi) is 5.45. The fourth-order valence-corrected chi connectivity index (χ4v) is 3.15. The predicted molar refractivity (Wildman–Crippen MR) is 93.2 cm³/mol. The second-order valence-electron chi connectivity index (χ2n) is 5.11. The molecule has 1 aromatic rings. The number of hydrogen-bond acceptors (Lipinski definition) is 6. The molecule has 6 nitrogen and oxygen atoms in total. The number of ether oxygens (including phenoxy) is 1. The molecule has 1 saturated heterocycles. The van der Waals surface area contributed by atoms with Gasteiger partial charge in [0.15, 0.2) is 17.3 Å². The minimum absolute atomic E-state index is 0.0421. The number of halogens is 1. The number of methoxy groups -OCH3 is 1. The second-order valence-corrected chi connectivity index (χ2v) is 6.79. The van der Waals surface area contributed by atoms with Crippen LogP contribution in [-0.4, -0.2) is 58.8 Å². The van der Waals surface area contributed by atoms with Crippen molar-refractivity contribution in [1.29, 1.82) is 0 Å². The molecule has 0 atom stereocenters. The first-order valence-corrected chi connectivity index (χ1v) is 7.99. The lowest BCUT2D eigenvalue weighted by atomic mass is 10.1. The van der Waals surface area contributed by atoms with Gasteiger partial charge in [-0.1, -0.05) is 24.0 Å². The third kappa shape index (κ3) is 3.68. The average Bonchev–Trinajstić information content (AvgIpc) is 2.78. The molecule has 128 valence electrons. The quantitative estimate of drug-likeness (QED) is 0.644. The van der Waals surface area contributed by atoms with E-state index in [1.54, 1.807) is 14.1 Å². The molecule has 0 aliphatic carbocycles. The van der Waals surface area contributed by atoms with E-state index in [1.165, 1.54) is 29.1 Å². The van der Waals surface area contributed by atoms with Gasteiger partial charge in [-0.2, -0.15) is 0 Å². The fourth-order valence-electron chi connectivity index (χ4n) is 1.90. The van der Waals surface area contributed by atoms with Crippen molar-refractivity contribution in [3.05, 3.63) is 28.4 Å². The lowest BCUT2D eigenvalue weighted by Gasteiger charge is -2.17. The monoisotopic (exact) mass is 370 g/mol. The zero-order valence-electron chi connectivity index (χ0n) is 13.2. The lowest BCUT2D eigenvalue weighted by Crippen LogP contribution is -2.38. The number of carbonyl (C=O) groups is 2. The number of rotatable bonds is 4. The highest BCUT2D eigenvalue weighted by molar-refractivity contribution is 8.26. The van der Waals surface area contributed by atoms with Crippen LogP contribution in [0.25, 0.3) is 6.08 Å². The summed E-state index contributed by atoms with van der Waals surface area (Å²) in [5.74, 6) is -2.19. The van der Waals surface area contributed by atoms with Crippen LogP contribution in [-0.2, 0) is 9.59 Å². The van der Waals surface area contributed by atoms with Crippen molar-refractivity contribution in [2.24, 2.45) is 0 Å². The summed E-state index contributed by atoms with van der Waals surface area (Å²) in [4.78, 5) is 27.0. The molecule has 1 fully saturated rings. The zero-order valence-corrected chi connectivity index (χ0v) is 14.8. The van der Waals surface area contributed by atoms with Crippen molar-refractivity contribution in [3.8, 4) is 11.5 Å². The molecule has 0 bridgehead atoms. The van der Waals surface area contributed by atoms with Crippen LogP contribution < -0.4 is 4.74 Å². The molecule has 1 aromatic carbocycles. The number of carbonyl (C=O) groups excluding carboxylic acids is 2. The van der Waals surface area contributed by atoms with Crippen LogP contribution in [0, 0.1) is 5.82 Å². The largest absolute Gasteiger partial charge is 0.502 e. The summed E-state index contributed by atoms with van der Waals surface area (Å²) in [5, 5.41) is 9.51. The van der Waals surface area contributed by atoms with Crippen LogP contribution in [0.15, 0.2) is 17.0 Å². The molecule has 24 heavy (non-hydrogen) atoms. The van der Waals surface area contributed by atoms with E-state index < -0.39 is 17.5 Å². The smallest absolute Gasteiger partial charge is 0.266 e. The van der Waals surface area contributed by atoms with Gasteiger partial charge in [-0.05, 0) is 23.8 Å². The fraction of sp³-hybridized carbons (Fsp3) is 0.267. The van der Waals surface area contributed by atoms with Crippen molar-refractivity contribution < 1.29 is 23.8 Å². The molecular weight excluding hydrogens is 355 g/mol. The molecule has 0 spiro atoms. The van der Waals surface area contributed by atoms with E-state index in [9.17, 15) is 19.1 Å². The topological polar surface area (TPSA) is 70.1 Å². The van der Waals surface area contributed by atoms with Crippen molar-refractivity contribution >= 4 is 46.2 Å². The molecule has 0 radical (unpaired) electrons. The van der Waals surface area contributed by atoms with E-state index in [-0.39, 0.29) is 27.4 Å². The number of aromatic hydroxyl groups is 1. The maximum Gasteiger partial charge on any atom is 0.266 e. The zero-order chi connectivity index (χ0) is 18.0. The molecule has 0 aromatic heterocycles. The third-order valence-electron chi connectivity index (χ3n) is 3.23. The molecule has 1 aliphatic rings. The Hall–Kier alpha value is -2.13. The molecule has 0 saturated carbocycles. The summed E-state index contributed by atoms with van der Waals surface area (Å²) < 4.78 is 18.8. The van der Waals surface area contributed by atoms with E-state index in [1.807, 2.05) is 0 Å². The van der Waals surface area contributed by atoms with E-state index in [4.69, 9.17) is 17.0 Å². The summed E-state index contributed by atoms with van der Waals surface area (Å²) >= 11 is 6.15. The number of thioether (sulfide) groups is 1. The van der Waals surface area contributed by atoms with E-state index in [0.29, 0.717) is 5.56 Å². The predicted octanol–water partition coefficient (Wildman–Crippen LogP) is 1.83. The third-order valence-corrected chi connectivity index (χ3v) is 4.61. The first-order valence-electron chi connectivity index (χ1n) is 6.76. The maximum absolute atomic E-state index is 13.7. The first-order chi connectivity index (χ1) is 11.2. The van der Waals surface area contributed by atoms with Crippen LogP contribution >= 0.6 is 24.0 Å². The van der Waals surface area contributed by atoms with Gasteiger partial charge in [0, 0.05) is 14.1 Å². The normalized spacial score (nSPS) is 16.0. The van der Waals surface area contributed by atoms with Crippen molar-refractivity contribution in [1.82, 2.24) is 9.80 Å². The van der Waals surface area contributed by atoms with Gasteiger partial charge in [-0.15, -0.1) is 0 Å². The number of thiocarbonyl (C=S) groups is 1. The highest BCUT2D eigenvalue weighted by Crippen LogP contribution is 2.35. The Balaban J connectivity index is 2.29. The first kappa shape index (κ1) is 18.2. The molecule has 9 heteroatoms. The van der Waals surface area contributed by atoms with Crippen LogP contribution in [0.1, 0.15) is 5.56 Å². The van der Waals surface area contributed by atoms with E-state index >= 15 is 0 Å². The van der Waals surface area contributed by atoms with Crippen LogP contribution in [0.2, 0.25) is 0 Å². The molecule has 2 amide bonds. The van der Waals surface area contributed by atoms with Gasteiger partial charge in [-0.3, -0.25) is 14.5 Å². The summed E-state index contributed by atoms with van der Waals surface area (Å²) in [7, 11) is 4.47. The van der Waals surface area contributed by atoms with Gasteiger partial charge in [0.1, 0.15) is 10.9 Å². The van der Waals surface area contributed by atoms with Gasteiger partial charge in [0.2, 0.25) is 5.91 Å². The molecule has 1 N–H and O–H groups in total. The minimum atomic E-state index is -0.862. The van der Waals surface area contributed by atoms with Gasteiger partial charge < -0.3 is 14.7 Å². The Morgan fingerprint density at radius 2 is 2.17 bits per heavy atom. The van der Waals surface area contributed by atoms with Crippen LogP contribution in [0.3, 0.4) is 0 Å². The lowest BCUT2D eigenvalue weighted by molar-refractivity contribution is -0.133. The second kappa shape index (κ2) is 7.18. The Labute approximate surface area is 147 Å². The number of hydrogen-bond donors (Lipinski definition) is 1. The maximum atomic E-state index is 13.7. The Morgan fingerprint density at radius 3 is 2.75 bits per heavy atom. The number of phenolic OH excluding ortho intramolecular Hbond substituents is 1. The molecule has 1 heterocycles. The summed E-state index contributed by atoms with van der Waals surface area (Å²) in [6.07, 6.45) is 1.43. The SMILES string of the molecule is COc1cc(/C=C2\SC(=S)N(CC(=O)N(C)C)C2=O)cc(F)c1O. The van der Waals surface area contributed by atoms with Gasteiger partial charge in [0.05, 0.1) is 12.0 Å².